The lowest BCUT2D eigenvalue weighted by molar-refractivity contribution is -0.140. The lowest BCUT2D eigenvalue weighted by atomic mass is 9.97. The smallest absolute Gasteiger partial charge is 0.407 e. The molecule has 0 atom stereocenters. The second kappa shape index (κ2) is 6.61. The molecule has 1 fully saturated rings. The largest absolute Gasteiger partial charge is 0.419 e. The maximum absolute atomic E-state index is 14.2. The van der Waals surface area contributed by atoms with E-state index in [4.69, 9.17) is 4.42 Å². The van der Waals surface area contributed by atoms with Crippen LogP contribution >= 0.6 is 0 Å². The Bertz CT molecular complexity index is 931. The molecule has 0 unspecified atom stereocenters. The van der Waals surface area contributed by atoms with E-state index in [-0.39, 0.29) is 5.68 Å². The second-order valence-corrected chi connectivity index (χ2v) is 7.65. The molecule has 0 bridgehead atoms. The Morgan fingerprint density at radius 1 is 1.30 bits per heavy atom. The van der Waals surface area contributed by atoms with Gasteiger partial charge in [-0.05, 0) is 30.9 Å². The van der Waals surface area contributed by atoms with Crippen molar-refractivity contribution in [1.82, 2.24) is 9.78 Å². The van der Waals surface area contributed by atoms with Crippen molar-refractivity contribution in [3.05, 3.63) is 46.7 Å². The van der Waals surface area contributed by atoms with Gasteiger partial charge in [0.05, 0.1) is 11.1 Å². The highest BCUT2D eigenvalue weighted by molar-refractivity contribution is 5.95. The zero-order valence-corrected chi connectivity index (χ0v) is 15.1. The average Bonchev–Trinajstić information content (AvgIpc) is 3.25. The number of hydrogen-bond donors (Lipinski definition) is 0. The quantitative estimate of drug-likeness (QED) is 0.748. The van der Waals surface area contributed by atoms with Gasteiger partial charge in [-0.2, -0.15) is 18.2 Å². The van der Waals surface area contributed by atoms with E-state index in [1.54, 1.807) is 0 Å². The first-order valence-corrected chi connectivity index (χ1v) is 8.50. The van der Waals surface area contributed by atoms with Gasteiger partial charge in [0.1, 0.15) is 5.82 Å². The first-order valence-electron chi connectivity index (χ1n) is 8.50. The highest BCUT2D eigenvalue weighted by Crippen LogP contribution is 2.32. The Balaban J connectivity index is 2.04. The number of amides is 1. The number of alkyl halides is 3. The zero-order chi connectivity index (χ0) is 20.0. The Labute approximate surface area is 152 Å². The minimum Gasteiger partial charge on any atom is -0.407 e. The van der Waals surface area contributed by atoms with Crippen molar-refractivity contribution in [2.24, 2.45) is 10.9 Å². The maximum atomic E-state index is 14.2. The normalized spacial score (nSPS) is 16.0. The average molecular weight is 385 g/mol. The molecule has 1 amide bonds. The monoisotopic (exact) mass is 385 g/mol. The van der Waals surface area contributed by atoms with Crippen LogP contribution in [-0.2, 0) is 18.1 Å². The SMILES string of the molecule is CC(C)(C)c1nn(CC2CC2)/c(=N/C(=O)c2cccc(C(F)(F)F)c2F)o1. The summed E-state index contributed by atoms with van der Waals surface area (Å²) in [5.74, 6) is -2.08. The molecule has 1 aromatic carbocycles. The summed E-state index contributed by atoms with van der Waals surface area (Å²) in [5.41, 5.74) is -2.88. The fourth-order valence-corrected chi connectivity index (χ4v) is 2.42. The van der Waals surface area contributed by atoms with Gasteiger partial charge in [-0.1, -0.05) is 26.8 Å². The van der Waals surface area contributed by atoms with E-state index >= 15 is 0 Å². The van der Waals surface area contributed by atoms with E-state index in [1.807, 2.05) is 20.8 Å². The molecule has 5 nitrogen and oxygen atoms in total. The van der Waals surface area contributed by atoms with Crippen LogP contribution in [-0.4, -0.2) is 15.7 Å². The van der Waals surface area contributed by atoms with Gasteiger partial charge in [-0.15, -0.1) is 5.10 Å². The molecule has 1 aromatic heterocycles. The van der Waals surface area contributed by atoms with Gasteiger partial charge in [0.15, 0.2) is 0 Å². The first kappa shape index (κ1) is 19.3. The van der Waals surface area contributed by atoms with Gasteiger partial charge in [0, 0.05) is 12.0 Å². The van der Waals surface area contributed by atoms with Crippen molar-refractivity contribution in [2.45, 2.75) is 51.7 Å². The van der Waals surface area contributed by atoms with Gasteiger partial charge in [0.25, 0.3) is 5.91 Å². The number of carbonyl (C=O) groups is 1. The molecule has 146 valence electrons. The summed E-state index contributed by atoms with van der Waals surface area (Å²) < 4.78 is 59.7. The highest BCUT2D eigenvalue weighted by Gasteiger charge is 2.36. The predicted molar refractivity (Wildman–Crippen MR) is 87.2 cm³/mol. The summed E-state index contributed by atoms with van der Waals surface area (Å²) in [5, 5.41) is 4.32. The van der Waals surface area contributed by atoms with Crippen LogP contribution in [0.1, 0.15) is 55.4 Å². The summed E-state index contributed by atoms with van der Waals surface area (Å²) in [6.07, 6.45) is -2.88. The Hall–Kier alpha value is -2.45. The van der Waals surface area contributed by atoms with E-state index < -0.39 is 34.4 Å². The standard InChI is InChI=1S/C18H19F4N3O2/c1-17(2,3)15-24-25(9-10-7-8-10)16(27-15)23-14(26)11-5-4-6-12(13(11)19)18(20,21)22/h4-6,10H,7-9H2,1-3H3/b23-16-. The number of carbonyl (C=O) groups excluding carboxylic acids is 1. The molecule has 1 heterocycles. The summed E-state index contributed by atoms with van der Waals surface area (Å²) in [4.78, 5) is 16.1. The van der Waals surface area contributed by atoms with E-state index in [2.05, 4.69) is 10.1 Å². The van der Waals surface area contributed by atoms with E-state index in [0.29, 0.717) is 24.4 Å². The third kappa shape index (κ3) is 4.28. The Morgan fingerprint density at radius 2 is 1.96 bits per heavy atom. The van der Waals surface area contributed by atoms with Crippen molar-refractivity contribution in [1.29, 1.82) is 0 Å². The molecule has 27 heavy (non-hydrogen) atoms. The summed E-state index contributed by atoms with van der Waals surface area (Å²) in [6.45, 7) is 6.06. The fraction of sp³-hybridized carbons (Fsp3) is 0.500. The number of aromatic nitrogens is 2. The van der Waals surface area contributed by atoms with Crippen LogP contribution in [0.15, 0.2) is 27.6 Å². The molecule has 1 saturated carbocycles. The molecular formula is C18H19F4N3O2. The number of benzene rings is 1. The number of rotatable bonds is 3. The van der Waals surface area contributed by atoms with Crippen molar-refractivity contribution in [3.8, 4) is 0 Å². The van der Waals surface area contributed by atoms with Gasteiger partial charge >= 0.3 is 11.9 Å². The number of nitrogens with zero attached hydrogens (tertiary/aromatic N) is 3. The minimum absolute atomic E-state index is 0.145. The molecule has 9 heteroatoms. The molecular weight excluding hydrogens is 366 g/mol. The molecule has 0 radical (unpaired) electrons. The van der Waals surface area contributed by atoms with Crippen LogP contribution in [0.4, 0.5) is 17.6 Å². The van der Waals surface area contributed by atoms with Crippen molar-refractivity contribution in [3.63, 3.8) is 0 Å². The maximum Gasteiger partial charge on any atom is 0.419 e. The van der Waals surface area contributed by atoms with E-state index in [1.165, 1.54) is 4.68 Å². The third-order valence-electron chi connectivity index (χ3n) is 4.12. The van der Waals surface area contributed by atoms with Crippen LogP contribution in [0.5, 0.6) is 0 Å². The molecule has 0 aliphatic heterocycles. The number of halogens is 4. The highest BCUT2D eigenvalue weighted by atomic mass is 19.4. The predicted octanol–water partition coefficient (Wildman–Crippen LogP) is 4.08. The Morgan fingerprint density at radius 3 is 2.52 bits per heavy atom. The van der Waals surface area contributed by atoms with Crippen LogP contribution < -0.4 is 5.68 Å². The second-order valence-electron chi connectivity index (χ2n) is 7.65. The van der Waals surface area contributed by atoms with Gasteiger partial charge in [-0.25, -0.2) is 9.07 Å². The van der Waals surface area contributed by atoms with Crippen molar-refractivity contribution < 1.29 is 26.8 Å². The van der Waals surface area contributed by atoms with Gasteiger partial charge in [-0.3, -0.25) is 4.79 Å². The van der Waals surface area contributed by atoms with Crippen LogP contribution in [0.2, 0.25) is 0 Å². The number of hydrogen-bond acceptors (Lipinski definition) is 3. The van der Waals surface area contributed by atoms with Crippen LogP contribution in [0.3, 0.4) is 0 Å². The summed E-state index contributed by atoms with van der Waals surface area (Å²) in [7, 11) is 0. The van der Waals surface area contributed by atoms with Gasteiger partial charge < -0.3 is 4.42 Å². The third-order valence-corrected chi connectivity index (χ3v) is 4.12. The van der Waals surface area contributed by atoms with Gasteiger partial charge in [0.2, 0.25) is 5.89 Å². The molecule has 0 spiro atoms. The molecule has 1 aliphatic rings. The fourth-order valence-electron chi connectivity index (χ4n) is 2.42. The molecule has 1 aliphatic carbocycles. The lowest BCUT2D eigenvalue weighted by Crippen LogP contribution is -2.21. The lowest BCUT2D eigenvalue weighted by Gasteiger charge is -2.10. The first-order chi connectivity index (χ1) is 12.5. The summed E-state index contributed by atoms with van der Waals surface area (Å²) >= 11 is 0. The van der Waals surface area contributed by atoms with E-state index in [9.17, 15) is 22.4 Å². The molecule has 0 N–H and O–H groups in total. The van der Waals surface area contributed by atoms with Crippen molar-refractivity contribution in [2.75, 3.05) is 0 Å². The molecule has 0 saturated heterocycles. The minimum atomic E-state index is -4.90. The van der Waals surface area contributed by atoms with E-state index in [0.717, 1.165) is 25.0 Å². The topological polar surface area (TPSA) is 60.4 Å². The van der Waals surface area contributed by atoms with Crippen molar-refractivity contribution >= 4 is 5.91 Å². The van der Waals surface area contributed by atoms with Crippen LogP contribution in [0.25, 0.3) is 0 Å². The Kier molecular flexibility index (Phi) is 4.73. The zero-order valence-electron chi connectivity index (χ0n) is 15.1. The summed E-state index contributed by atoms with van der Waals surface area (Å²) in [6, 6.07) is 2.50. The molecule has 2 aromatic rings. The molecule has 3 rings (SSSR count). The van der Waals surface area contributed by atoms with Crippen LogP contribution in [0, 0.1) is 11.7 Å².